The molecule has 1 aliphatic rings. The fourth-order valence-electron chi connectivity index (χ4n) is 5.24. The Bertz CT molecular complexity index is 1480. The van der Waals surface area contributed by atoms with Gasteiger partial charge in [-0.3, -0.25) is 9.59 Å². The summed E-state index contributed by atoms with van der Waals surface area (Å²) in [6, 6.07) is 22.0. The van der Waals surface area contributed by atoms with Crippen LogP contribution in [0, 0.1) is 0 Å². The lowest BCUT2D eigenvalue weighted by Crippen LogP contribution is -2.55. The van der Waals surface area contributed by atoms with Crippen molar-refractivity contribution in [3.05, 3.63) is 100 Å². The number of nitrogens with zero attached hydrogens (tertiary/aromatic N) is 3. The van der Waals surface area contributed by atoms with Crippen LogP contribution in [-0.2, 0) is 32.8 Å². The van der Waals surface area contributed by atoms with Crippen LogP contribution in [0.1, 0.15) is 43.2 Å². The largest absolute Gasteiger partial charge is 0.352 e. The molecule has 8 nitrogen and oxygen atoms in total. The number of hydrogen-bond acceptors (Lipinski definition) is 4. The zero-order chi connectivity index (χ0) is 31.0. The number of amides is 2. The molecule has 0 aliphatic heterocycles. The van der Waals surface area contributed by atoms with Crippen LogP contribution in [0.4, 0.5) is 5.69 Å². The van der Waals surface area contributed by atoms with Crippen LogP contribution in [0.5, 0.6) is 0 Å². The second kappa shape index (κ2) is 15.1. The van der Waals surface area contributed by atoms with E-state index in [4.69, 9.17) is 23.2 Å². The minimum Gasteiger partial charge on any atom is -0.352 e. The van der Waals surface area contributed by atoms with E-state index >= 15 is 0 Å². The van der Waals surface area contributed by atoms with Crippen molar-refractivity contribution >= 4 is 50.9 Å². The van der Waals surface area contributed by atoms with Crippen LogP contribution in [-0.4, -0.2) is 62.2 Å². The van der Waals surface area contributed by atoms with Gasteiger partial charge in [-0.25, -0.2) is 4.31 Å². The molecule has 3 aromatic rings. The minimum atomic E-state index is -4.06. The van der Waals surface area contributed by atoms with Crippen LogP contribution in [0.15, 0.2) is 78.9 Å². The molecule has 0 bridgehead atoms. The highest BCUT2D eigenvalue weighted by atomic mass is 35.5. The predicted octanol–water partition coefficient (Wildman–Crippen LogP) is 5.70. The standard InChI is InChI=1S/C32H38Cl2N4O4S/c1-36(2)43(41,42)38(28-16-10-5-11-17-28)23-31(39)37(22-25-18-19-26(33)21-29(25)34)30(20-24-12-6-3-7-13-24)32(40)35-27-14-8-4-9-15-27/h3,5-7,10-13,16-19,21,27,30H,4,8-9,14-15,20,22-23H2,1-2H3,(H,35,40)/t30-/m1/s1. The summed E-state index contributed by atoms with van der Waals surface area (Å²) < 4.78 is 29.0. The molecule has 3 aromatic carbocycles. The lowest BCUT2D eigenvalue weighted by atomic mass is 9.94. The van der Waals surface area contributed by atoms with Gasteiger partial charge in [0.15, 0.2) is 0 Å². The van der Waals surface area contributed by atoms with Gasteiger partial charge in [0, 0.05) is 43.1 Å². The lowest BCUT2D eigenvalue weighted by molar-refractivity contribution is -0.140. The highest BCUT2D eigenvalue weighted by Gasteiger charge is 2.35. The third-order valence-corrected chi connectivity index (χ3v) is 10.0. The van der Waals surface area contributed by atoms with E-state index in [1.54, 1.807) is 48.5 Å². The van der Waals surface area contributed by atoms with Crippen molar-refractivity contribution in [2.24, 2.45) is 0 Å². The minimum absolute atomic E-state index is 0.0188. The van der Waals surface area contributed by atoms with Gasteiger partial charge < -0.3 is 10.2 Å². The molecule has 1 N–H and O–H groups in total. The number of carbonyl (C=O) groups is 2. The molecule has 0 saturated heterocycles. The van der Waals surface area contributed by atoms with Crippen LogP contribution in [0.2, 0.25) is 10.0 Å². The Morgan fingerprint density at radius 3 is 2.14 bits per heavy atom. The fraction of sp³-hybridized carbons (Fsp3) is 0.375. The van der Waals surface area contributed by atoms with E-state index in [1.165, 1.54) is 19.0 Å². The maximum absolute atomic E-state index is 14.4. The van der Waals surface area contributed by atoms with Crippen LogP contribution < -0.4 is 9.62 Å². The first kappa shape index (κ1) is 32.8. The van der Waals surface area contributed by atoms with E-state index in [-0.39, 0.29) is 24.9 Å². The first-order valence-corrected chi connectivity index (χ1v) is 16.5. The SMILES string of the molecule is CN(C)S(=O)(=O)N(CC(=O)N(Cc1ccc(Cl)cc1Cl)[C@H](Cc1ccccc1)C(=O)NC1CCCCC1)c1ccccc1. The Hall–Kier alpha value is -3.11. The molecule has 11 heteroatoms. The molecule has 0 unspecified atom stereocenters. The fourth-order valence-corrected chi connectivity index (χ4v) is 6.77. The Kier molecular flexibility index (Phi) is 11.5. The molecule has 0 aromatic heterocycles. The van der Waals surface area contributed by atoms with E-state index in [9.17, 15) is 18.0 Å². The molecule has 1 fully saturated rings. The van der Waals surface area contributed by atoms with Gasteiger partial charge in [-0.15, -0.1) is 0 Å². The van der Waals surface area contributed by atoms with Gasteiger partial charge in [0.2, 0.25) is 11.8 Å². The zero-order valence-electron chi connectivity index (χ0n) is 24.5. The molecule has 4 rings (SSSR count). The van der Waals surface area contributed by atoms with Crippen molar-refractivity contribution in [1.29, 1.82) is 0 Å². The summed E-state index contributed by atoms with van der Waals surface area (Å²) in [6.45, 7) is -0.535. The first-order valence-electron chi connectivity index (χ1n) is 14.4. The number of anilines is 1. The molecule has 1 aliphatic carbocycles. The maximum atomic E-state index is 14.4. The second-order valence-electron chi connectivity index (χ2n) is 10.9. The molecule has 0 heterocycles. The summed E-state index contributed by atoms with van der Waals surface area (Å²) >= 11 is 12.7. The summed E-state index contributed by atoms with van der Waals surface area (Å²) in [6.07, 6.45) is 5.20. The van der Waals surface area contributed by atoms with Crippen LogP contribution in [0.25, 0.3) is 0 Å². The Labute approximate surface area is 264 Å². The Balaban J connectivity index is 1.76. The van der Waals surface area contributed by atoms with Crippen molar-refractivity contribution < 1.29 is 18.0 Å². The van der Waals surface area contributed by atoms with Gasteiger partial charge in [-0.2, -0.15) is 12.7 Å². The first-order chi connectivity index (χ1) is 20.6. The highest BCUT2D eigenvalue weighted by molar-refractivity contribution is 7.90. The normalized spacial score (nSPS) is 14.7. The number of hydrogen-bond donors (Lipinski definition) is 1. The predicted molar refractivity (Wildman–Crippen MR) is 172 cm³/mol. The topological polar surface area (TPSA) is 90.0 Å². The molecule has 1 atom stereocenters. The zero-order valence-corrected chi connectivity index (χ0v) is 26.8. The number of halogens is 2. The van der Waals surface area contributed by atoms with Crippen molar-refractivity contribution in [2.45, 2.75) is 57.2 Å². The van der Waals surface area contributed by atoms with Gasteiger partial charge in [-0.1, -0.05) is 97.1 Å². The second-order valence-corrected chi connectivity index (χ2v) is 13.8. The average Bonchev–Trinajstić information content (AvgIpc) is 2.99. The Morgan fingerprint density at radius 1 is 0.907 bits per heavy atom. The van der Waals surface area contributed by atoms with E-state index in [2.05, 4.69) is 5.32 Å². The van der Waals surface area contributed by atoms with Crippen LogP contribution in [0.3, 0.4) is 0 Å². The quantitative estimate of drug-likeness (QED) is 0.274. The molecule has 0 radical (unpaired) electrons. The lowest BCUT2D eigenvalue weighted by Gasteiger charge is -2.35. The van der Waals surface area contributed by atoms with Crippen LogP contribution >= 0.6 is 23.2 Å². The average molecular weight is 646 g/mol. The molecule has 43 heavy (non-hydrogen) atoms. The third-order valence-electron chi connectivity index (χ3n) is 7.64. The molecule has 0 spiro atoms. The number of carbonyl (C=O) groups excluding carboxylic acids is 2. The van der Waals surface area contributed by atoms with Gasteiger partial charge in [0.1, 0.15) is 12.6 Å². The van der Waals surface area contributed by atoms with Crippen molar-refractivity contribution in [3.8, 4) is 0 Å². The Morgan fingerprint density at radius 2 is 1.53 bits per heavy atom. The smallest absolute Gasteiger partial charge is 0.304 e. The van der Waals surface area contributed by atoms with E-state index in [0.29, 0.717) is 21.3 Å². The monoisotopic (exact) mass is 644 g/mol. The number of benzene rings is 3. The van der Waals surface area contributed by atoms with Crippen molar-refractivity contribution in [1.82, 2.24) is 14.5 Å². The summed E-state index contributed by atoms with van der Waals surface area (Å²) in [5, 5.41) is 3.97. The third kappa shape index (κ3) is 8.72. The molecule has 230 valence electrons. The highest BCUT2D eigenvalue weighted by Crippen LogP contribution is 2.26. The van der Waals surface area contributed by atoms with Crippen molar-refractivity contribution in [2.75, 3.05) is 24.9 Å². The number of para-hydroxylation sites is 1. The summed E-state index contributed by atoms with van der Waals surface area (Å²) in [5.74, 6) is -0.823. The summed E-state index contributed by atoms with van der Waals surface area (Å²) in [5.41, 5.74) is 1.79. The summed E-state index contributed by atoms with van der Waals surface area (Å²) in [4.78, 5) is 29.9. The van der Waals surface area contributed by atoms with Gasteiger partial charge in [0.05, 0.1) is 5.69 Å². The molecular weight excluding hydrogens is 607 g/mol. The number of rotatable bonds is 12. The van der Waals surface area contributed by atoms with E-state index < -0.39 is 28.7 Å². The van der Waals surface area contributed by atoms with Crippen molar-refractivity contribution in [3.63, 3.8) is 0 Å². The van der Waals surface area contributed by atoms with Gasteiger partial charge in [0.25, 0.3) is 0 Å². The number of nitrogens with one attached hydrogen (secondary N) is 1. The summed E-state index contributed by atoms with van der Waals surface area (Å²) in [7, 11) is -1.23. The van der Waals surface area contributed by atoms with E-state index in [1.807, 2.05) is 30.3 Å². The maximum Gasteiger partial charge on any atom is 0.304 e. The van der Waals surface area contributed by atoms with Gasteiger partial charge >= 0.3 is 10.2 Å². The molecule has 2 amide bonds. The van der Waals surface area contributed by atoms with E-state index in [0.717, 1.165) is 46.3 Å². The molecular formula is C32H38Cl2N4O4S. The molecule has 1 saturated carbocycles. The van der Waals surface area contributed by atoms with Gasteiger partial charge in [-0.05, 0) is 48.2 Å².